The number of aromatic nitrogens is 1. The normalized spacial score (nSPS) is 27.4. The molecule has 1 fully saturated rings. The molecule has 4 heteroatoms. The SMILES string of the molecule is CCOC1(C(=O)Cc2nc(C)cs2)CCCC(C)C1. The number of rotatable bonds is 5. The summed E-state index contributed by atoms with van der Waals surface area (Å²) < 4.78 is 5.91. The highest BCUT2D eigenvalue weighted by molar-refractivity contribution is 7.09. The van der Waals surface area contributed by atoms with Crippen molar-refractivity contribution in [2.75, 3.05) is 6.61 Å². The van der Waals surface area contributed by atoms with Crippen LogP contribution >= 0.6 is 11.3 Å². The molecule has 1 aromatic heterocycles. The Labute approximate surface area is 119 Å². The van der Waals surface area contributed by atoms with E-state index < -0.39 is 5.60 Å². The summed E-state index contributed by atoms with van der Waals surface area (Å²) in [6.07, 6.45) is 4.45. The van der Waals surface area contributed by atoms with Crippen molar-refractivity contribution in [2.24, 2.45) is 5.92 Å². The summed E-state index contributed by atoms with van der Waals surface area (Å²) in [5, 5.41) is 2.92. The van der Waals surface area contributed by atoms with Gasteiger partial charge < -0.3 is 4.74 Å². The van der Waals surface area contributed by atoms with Crippen molar-refractivity contribution in [1.82, 2.24) is 4.98 Å². The summed E-state index contributed by atoms with van der Waals surface area (Å²) in [6.45, 7) is 6.76. The first-order valence-corrected chi connectivity index (χ1v) is 8.02. The summed E-state index contributed by atoms with van der Waals surface area (Å²) in [7, 11) is 0. The Balaban J connectivity index is 2.11. The van der Waals surface area contributed by atoms with Gasteiger partial charge in [-0.2, -0.15) is 0 Å². The van der Waals surface area contributed by atoms with E-state index in [0.29, 0.717) is 18.9 Å². The van der Waals surface area contributed by atoms with Crippen LogP contribution in [-0.2, 0) is 16.0 Å². The third-order valence-corrected chi connectivity index (χ3v) is 4.83. The fraction of sp³-hybridized carbons (Fsp3) is 0.733. The Kier molecular flexibility index (Phi) is 4.74. The fourth-order valence-corrected chi connectivity index (χ4v) is 3.80. The van der Waals surface area contributed by atoms with Crippen molar-refractivity contribution in [3.63, 3.8) is 0 Å². The van der Waals surface area contributed by atoms with E-state index in [2.05, 4.69) is 11.9 Å². The number of Topliss-reactive ketones (excluding diaryl/α,β-unsaturated/α-hetero) is 1. The molecule has 0 amide bonds. The van der Waals surface area contributed by atoms with Crippen LogP contribution < -0.4 is 0 Å². The van der Waals surface area contributed by atoms with Gasteiger partial charge in [0.1, 0.15) is 10.6 Å². The van der Waals surface area contributed by atoms with Crippen molar-refractivity contribution in [3.8, 4) is 0 Å². The molecule has 106 valence electrons. The van der Waals surface area contributed by atoms with Gasteiger partial charge in [0, 0.05) is 17.7 Å². The van der Waals surface area contributed by atoms with Crippen LogP contribution in [0.25, 0.3) is 0 Å². The van der Waals surface area contributed by atoms with Gasteiger partial charge >= 0.3 is 0 Å². The first-order valence-electron chi connectivity index (χ1n) is 7.14. The third kappa shape index (κ3) is 3.42. The highest BCUT2D eigenvalue weighted by atomic mass is 32.1. The van der Waals surface area contributed by atoms with Crippen molar-refractivity contribution >= 4 is 17.1 Å². The molecule has 0 radical (unpaired) electrons. The molecule has 1 aromatic rings. The first kappa shape index (κ1) is 14.7. The summed E-state index contributed by atoms with van der Waals surface area (Å²) in [5.41, 5.74) is 0.446. The molecule has 0 bridgehead atoms. The number of hydrogen-bond acceptors (Lipinski definition) is 4. The van der Waals surface area contributed by atoms with Crippen LogP contribution in [0.4, 0.5) is 0 Å². The number of ketones is 1. The lowest BCUT2D eigenvalue weighted by Crippen LogP contribution is -2.46. The highest BCUT2D eigenvalue weighted by Gasteiger charge is 2.42. The van der Waals surface area contributed by atoms with Crippen molar-refractivity contribution < 1.29 is 9.53 Å². The summed E-state index contributed by atoms with van der Waals surface area (Å²) >= 11 is 1.57. The van der Waals surface area contributed by atoms with E-state index in [1.54, 1.807) is 11.3 Å². The van der Waals surface area contributed by atoms with Crippen molar-refractivity contribution in [3.05, 3.63) is 16.1 Å². The molecule has 1 aliphatic carbocycles. The number of carbonyl (C=O) groups is 1. The molecule has 2 unspecified atom stereocenters. The van der Waals surface area contributed by atoms with Gasteiger partial charge in [0.05, 0.1) is 6.42 Å². The Morgan fingerprint density at radius 2 is 2.42 bits per heavy atom. The zero-order valence-corrected chi connectivity index (χ0v) is 12.9. The number of carbonyl (C=O) groups excluding carboxylic acids is 1. The van der Waals surface area contributed by atoms with Gasteiger partial charge in [0.15, 0.2) is 5.78 Å². The quantitative estimate of drug-likeness (QED) is 0.828. The Hall–Kier alpha value is -0.740. The average molecular weight is 281 g/mol. The van der Waals surface area contributed by atoms with E-state index in [4.69, 9.17) is 4.74 Å². The predicted molar refractivity (Wildman–Crippen MR) is 77.6 cm³/mol. The molecule has 0 N–H and O–H groups in total. The molecular weight excluding hydrogens is 258 g/mol. The molecular formula is C15H23NO2S. The monoisotopic (exact) mass is 281 g/mol. The van der Waals surface area contributed by atoms with Gasteiger partial charge in [-0.1, -0.05) is 13.3 Å². The molecule has 0 spiro atoms. The summed E-state index contributed by atoms with van der Waals surface area (Å²) in [4.78, 5) is 17.1. The van der Waals surface area contributed by atoms with E-state index >= 15 is 0 Å². The molecule has 0 saturated heterocycles. The van der Waals surface area contributed by atoms with E-state index in [1.807, 2.05) is 19.2 Å². The Morgan fingerprint density at radius 3 is 3.00 bits per heavy atom. The standard InChI is InChI=1S/C15H23NO2S/c1-4-18-15(7-5-6-11(2)9-15)13(17)8-14-16-12(3)10-19-14/h10-11H,4-9H2,1-3H3. The van der Waals surface area contributed by atoms with Gasteiger partial charge in [0.2, 0.25) is 0 Å². The van der Waals surface area contributed by atoms with Crippen LogP contribution in [0.5, 0.6) is 0 Å². The zero-order valence-electron chi connectivity index (χ0n) is 12.1. The van der Waals surface area contributed by atoms with E-state index in [1.165, 1.54) is 6.42 Å². The molecule has 0 aliphatic heterocycles. The van der Waals surface area contributed by atoms with E-state index in [-0.39, 0.29) is 5.78 Å². The topological polar surface area (TPSA) is 39.2 Å². The molecule has 19 heavy (non-hydrogen) atoms. The summed E-state index contributed by atoms with van der Waals surface area (Å²) in [5.74, 6) is 0.789. The van der Waals surface area contributed by atoms with Crippen LogP contribution in [0.2, 0.25) is 0 Å². The number of aryl methyl sites for hydroxylation is 1. The minimum absolute atomic E-state index is 0.218. The number of ether oxygens (including phenoxy) is 1. The van der Waals surface area contributed by atoms with Crippen molar-refractivity contribution in [1.29, 1.82) is 0 Å². The maximum absolute atomic E-state index is 12.7. The lowest BCUT2D eigenvalue weighted by atomic mass is 9.75. The highest BCUT2D eigenvalue weighted by Crippen LogP contribution is 2.36. The smallest absolute Gasteiger partial charge is 0.171 e. The lowest BCUT2D eigenvalue weighted by Gasteiger charge is -2.38. The predicted octanol–water partition coefficient (Wildman–Crippen LogP) is 3.55. The van der Waals surface area contributed by atoms with Crippen LogP contribution in [0.15, 0.2) is 5.38 Å². The minimum Gasteiger partial charge on any atom is -0.367 e. The van der Waals surface area contributed by atoms with Gasteiger partial charge in [-0.3, -0.25) is 4.79 Å². The Bertz CT molecular complexity index is 439. The second-order valence-electron chi connectivity index (χ2n) is 5.61. The largest absolute Gasteiger partial charge is 0.367 e. The summed E-state index contributed by atoms with van der Waals surface area (Å²) in [6, 6.07) is 0. The van der Waals surface area contributed by atoms with Gasteiger partial charge in [-0.05, 0) is 39.0 Å². The van der Waals surface area contributed by atoms with Crippen LogP contribution in [0, 0.1) is 12.8 Å². The van der Waals surface area contributed by atoms with E-state index in [9.17, 15) is 4.79 Å². The zero-order chi connectivity index (χ0) is 13.9. The molecule has 3 nitrogen and oxygen atoms in total. The van der Waals surface area contributed by atoms with E-state index in [0.717, 1.165) is 30.0 Å². The fourth-order valence-electron chi connectivity index (χ4n) is 3.03. The van der Waals surface area contributed by atoms with Crippen molar-refractivity contribution in [2.45, 2.75) is 58.5 Å². The molecule has 2 atom stereocenters. The molecule has 2 rings (SSSR count). The van der Waals surface area contributed by atoms with Crippen LogP contribution in [0.1, 0.15) is 50.2 Å². The second kappa shape index (κ2) is 6.14. The third-order valence-electron chi connectivity index (χ3n) is 3.86. The second-order valence-corrected chi connectivity index (χ2v) is 6.55. The van der Waals surface area contributed by atoms with Gasteiger partial charge in [0.25, 0.3) is 0 Å². The number of thiazole rings is 1. The van der Waals surface area contributed by atoms with Crippen LogP contribution in [0.3, 0.4) is 0 Å². The first-order chi connectivity index (χ1) is 9.05. The van der Waals surface area contributed by atoms with Gasteiger partial charge in [-0.25, -0.2) is 4.98 Å². The minimum atomic E-state index is -0.550. The number of nitrogens with zero attached hydrogens (tertiary/aromatic N) is 1. The van der Waals surface area contributed by atoms with Gasteiger partial charge in [-0.15, -0.1) is 11.3 Å². The average Bonchev–Trinajstić information content (AvgIpc) is 2.75. The maximum Gasteiger partial charge on any atom is 0.171 e. The Morgan fingerprint density at radius 1 is 1.63 bits per heavy atom. The lowest BCUT2D eigenvalue weighted by molar-refractivity contribution is -0.150. The molecule has 1 aliphatic rings. The molecule has 0 aromatic carbocycles. The molecule has 1 heterocycles. The van der Waals surface area contributed by atoms with Crippen LogP contribution in [-0.4, -0.2) is 23.0 Å². The maximum atomic E-state index is 12.7. The number of hydrogen-bond donors (Lipinski definition) is 0. The molecule has 1 saturated carbocycles.